The molecule has 2 fully saturated rings. The summed E-state index contributed by atoms with van der Waals surface area (Å²) in [6.45, 7) is 7.62. The predicted molar refractivity (Wildman–Crippen MR) is 106 cm³/mol. The van der Waals surface area contributed by atoms with Crippen LogP contribution in [0.4, 0.5) is 4.79 Å². The Morgan fingerprint density at radius 1 is 1.14 bits per heavy atom. The van der Waals surface area contributed by atoms with Gasteiger partial charge in [-0.2, -0.15) is 5.10 Å². The van der Waals surface area contributed by atoms with Crippen molar-refractivity contribution in [2.24, 2.45) is 10.5 Å². The zero-order valence-electron chi connectivity index (χ0n) is 17.1. The molecule has 3 aliphatic heterocycles. The molecule has 1 aromatic carbocycles. The lowest BCUT2D eigenvalue weighted by Gasteiger charge is -2.43. The number of rotatable bonds is 2. The molecule has 3 heterocycles. The van der Waals surface area contributed by atoms with Crippen molar-refractivity contribution in [1.29, 1.82) is 0 Å². The van der Waals surface area contributed by atoms with Crippen molar-refractivity contribution in [2.45, 2.75) is 45.8 Å². The van der Waals surface area contributed by atoms with Crippen LogP contribution in [-0.4, -0.2) is 76.5 Å². The number of carbonyl (C=O) groups is 2. The number of likely N-dealkylation sites (N-methyl/N-ethyl adjacent to an activating group) is 2. The van der Waals surface area contributed by atoms with Gasteiger partial charge in [0.15, 0.2) is 6.29 Å². The van der Waals surface area contributed by atoms with Crippen LogP contribution in [0.25, 0.3) is 0 Å². The Labute approximate surface area is 165 Å². The number of fused-ring (bicyclic) bond motifs is 3. The first-order valence-electron chi connectivity index (χ1n) is 9.63. The summed E-state index contributed by atoms with van der Waals surface area (Å²) < 4.78 is 0. The smallest absolute Gasteiger partial charge is 0.310 e. The molecular formula is C20H28N6O2. The Hall–Kier alpha value is -2.45. The molecule has 0 radical (unpaired) electrons. The molecule has 1 N–H and O–H groups in total. The average Bonchev–Trinajstić information content (AvgIpc) is 3.05. The maximum atomic E-state index is 13.0. The number of urea groups is 1. The van der Waals surface area contributed by atoms with E-state index in [-0.39, 0.29) is 29.8 Å². The van der Waals surface area contributed by atoms with Gasteiger partial charge in [-0.25, -0.2) is 9.69 Å². The zero-order valence-corrected chi connectivity index (χ0v) is 17.1. The number of nitrogens with one attached hydrogen (secondary N) is 1. The van der Waals surface area contributed by atoms with Crippen LogP contribution >= 0.6 is 0 Å². The van der Waals surface area contributed by atoms with Crippen LogP contribution in [0.1, 0.15) is 26.3 Å². The highest BCUT2D eigenvalue weighted by atomic mass is 16.2. The van der Waals surface area contributed by atoms with Crippen molar-refractivity contribution in [3.63, 3.8) is 0 Å². The van der Waals surface area contributed by atoms with Gasteiger partial charge < -0.3 is 4.90 Å². The van der Waals surface area contributed by atoms with Crippen molar-refractivity contribution in [1.82, 2.24) is 25.0 Å². The van der Waals surface area contributed by atoms with E-state index in [0.29, 0.717) is 13.1 Å². The Balaban J connectivity index is 1.71. The molecule has 0 spiro atoms. The lowest BCUT2D eigenvalue weighted by molar-refractivity contribution is -0.137. The first kappa shape index (κ1) is 18.9. The summed E-state index contributed by atoms with van der Waals surface area (Å²) in [5.41, 5.74) is 2.05. The standard InChI is InChI=1S/C20H28N6O2/c1-20(2,3)14-12-25-15-16(23(4)19(28)24(5)17(15)27)21-18(25)26(22-14)11-13-9-7-6-8-10-13/h6-10,15-16,18,21H,11-12H2,1-5H3. The molecule has 0 aromatic heterocycles. The Kier molecular flexibility index (Phi) is 4.43. The van der Waals surface area contributed by atoms with E-state index in [1.807, 2.05) is 23.2 Å². The van der Waals surface area contributed by atoms with Gasteiger partial charge in [0.1, 0.15) is 12.2 Å². The fraction of sp³-hybridized carbons (Fsp3) is 0.550. The molecular weight excluding hydrogens is 356 g/mol. The number of benzene rings is 1. The molecule has 150 valence electrons. The highest BCUT2D eigenvalue weighted by Crippen LogP contribution is 2.33. The minimum atomic E-state index is -0.427. The highest BCUT2D eigenvalue weighted by Gasteiger charge is 2.56. The van der Waals surface area contributed by atoms with Crippen LogP contribution in [0.3, 0.4) is 0 Å². The second kappa shape index (κ2) is 6.56. The number of imide groups is 1. The minimum Gasteiger partial charge on any atom is -0.310 e. The molecule has 8 heteroatoms. The molecule has 2 saturated heterocycles. The van der Waals surface area contributed by atoms with Crippen LogP contribution in [-0.2, 0) is 11.3 Å². The number of carbonyl (C=O) groups excluding carboxylic acids is 2. The summed E-state index contributed by atoms with van der Waals surface area (Å²) in [6, 6.07) is 9.45. The Bertz CT molecular complexity index is 818. The van der Waals surface area contributed by atoms with Crippen LogP contribution in [0.15, 0.2) is 35.4 Å². The van der Waals surface area contributed by atoms with Gasteiger partial charge in [0.2, 0.25) is 0 Å². The van der Waals surface area contributed by atoms with Crippen LogP contribution in [0, 0.1) is 5.41 Å². The van der Waals surface area contributed by atoms with Gasteiger partial charge in [0.05, 0.1) is 12.3 Å². The van der Waals surface area contributed by atoms with Gasteiger partial charge in [0.25, 0.3) is 5.91 Å². The van der Waals surface area contributed by atoms with E-state index in [1.165, 1.54) is 4.90 Å². The molecule has 0 bridgehead atoms. The first-order valence-corrected chi connectivity index (χ1v) is 9.63. The summed E-state index contributed by atoms with van der Waals surface area (Å²) in [4.78, 5) is 30.4. The van der Waals surface area contributed by atoms with E-state index < -0.39 is 6.04 Å². The topological polar surface area (TPSA) is 71.5 Å². The van der Waals surface area contributed by atoms with Crippen LogP contribution in [0.2, 0.25) is 0 Å². The van der Waals surface area contributed by atoms with E-state index in [9.17, 15) is 9.59 Å². The van der Waals surface area contributed by atoms with E-state index in [2.05, 4.69) is 43.1 Å². The lowest BCUT2D eigenvalue weighted by Crippen LogP contribution is -2.65. The maximum absolute atomic E-state index is 13.0. The first-order chi connectivity index (χ1) is 13.2. The molecule has 3 amide bonds. The van der Waals surface area contributed by atoms with E-state index in [4.69, 9.17) is 5.10 Å². The van der Waals surface area contributed by atoms with Gasteiger partial charge in [-0.3, -0.25) is 20.0 Å². The largest absolute Gasteiger partial charge is 0.327 e. The molecule has 8 nitrogen and oxygen atoms in total. The van der Waals surface area contributed by atoms with Crippen LogP contribution < -0.4 is 5.32 Å². The second-order valence-electron chi connectivity index (χ2n) is 8.77. The number of hydrogen-bond donors (Lipinski definition) is 1. The maximum Gasteiger partial charge on any atom is 0.327 e. The number of hydrazone groups is 1. The Morgan fingerprint density at radius 3 is 2.46 bits per heavy atom. The van der Waals surface area contributed by atoms with Gasteiger partial charge >= 0.3 is 6.03 Å². The lowest BCUT2D eigenvalue weighted by atomic mass is 9.89. The summed E-state index contributed by atoms with van der Waals surface area (Å²) in [5, 5.41) is 10.4. The summed E-state index contributed by atoms with van der Waals surface area (Å²) in [5.74, 6) is -0.169. The van der Waals surface area contributed by atoms with Crippen molar-refractivity contribution < 1.29 is 9.59 Å². The number of hydrogen-bond acceptors (Lipinski definition) is 6. The third-order valence-corrected chi connectivity index (χ3v) is 5.80. The fourth-order valence-corrected chi connectivity index (χ4v) is 4.06. The van der Waals surface area contributed by atoms with Crippen LogP contribution in [0.5, 0.6) is 0 Å². The van der Waals surface area contributed by atoms with Crippen molar-refractivity contribution >= 4 is 17.6 Å². The van der Waals surface area contributed by atoms with Gasteiger partial charge in [-0.05, 0) is 5.56 Å². The summed E-state index contributed by atoms with van der Waals surface area (Å²) in [6.07, 6.45) is -0.610. The Morgan fingerprint density at radius 2 is 1.82 bits per heavy atom. The predicted octanol–water partition coefficient (Wildman–Crippen LogP) is 1.31. The van der Waals surface area contributed by atoms with Gasteiger partial charge in [0, 0.05) is 26.1 Å². The van der Waals surface area contributed by atoms with Crippen molar-refractivity contribution in [3.05, 3.63) is 35.9 Å². The zero-order chi connectivity index (χ0) is 20.2. The molecule has 3 unspecified atom stereocenters. The summed E-state index contributed by atoms with van der Waals surface area (Å²) in [7, 11) is 3.29. The molecule has 1 aromatic rings. The highest BCUT2D eigenvalue weighted by molar-refractivity contribution is 6.01. The van der Waals surface area contributed by atoms with E-state index in [0.717, 1.165) is 11.3 Å². The molecule has 0 aliphatic carbocycles. The van der Waals surface area contributed by atoms with Gasteiger partial charge in [-0.15, -0.1) is 0 Å². The average molecular weight is 384 g/mol. The third kappa shape index (κ3) is 2.97. The molecule has 3 atom stereocenters. The SMILES string of the molecule is CN1C(=O)C2C(NC3N(Cc4ccccc4)N=C(C(C)(C)C)CN23)N(C)C1=O. The summed E-state index contributed by atoms with van der Waals surface area (Å²) >= 11 is 0. The molecule has 3 aliphatic rings. The second-order valence-corrected chi connectivity index (χ2v) is 8.77. The molecule has 4 rings (SSSR count). The number of amides is 3. The molecule has 0 saturated carbocycles. The third-order valence-electron chi connectivity index (χ3n) is 5.80. The normalized spacial score (nSPS) is 28.4. The quantitative estimate of drug-likeness (QED) is 0.833. The molecule has 28 heavy (non-hydrogen) atoms. The minimum absolute atomic E-state index is 0.122. The van der Waals surface area contributed by atoms with Crippen molar-refractivity contribution in [2.75, 3.05) is 20.6 Å². The monoisotopic (exact) mass is 384 g/mol. The van der Waals surface area contributed by atoms with E-state index in [1.54, 1.807) is 19.0 Å². The number of nitrogens with zero attached hydrogens (tertiary/aromatic N) is 5. The van der Waals surface area contributed by atoms with Gasteiger partial charge in [-0.1, -0.05) is 51.1 Å². The van der Waals surface area contributed by atoms with E-state index >= 15 is 0 Å². The fourth-order valence-electron chi connectivity index (χ4n) is 4.06. The van der Waals surface area contributed by atoms with Crippen molar-refractivity contribution in [3.8, 4) is 0 Å².